The van der Waals surface area contributed by atoms with Crippen LogP contribution in [0.4, 0.5) is 4.79 Å². The molecule has 0 saturated carbocycles. The van der Waals surface area contributed by atoms with Crippen molar-refractivity contribution in [3.05, 3.63) is 52.6 Å². The van der Waals surface area contributed by atoms with E-state index in [4.69, 9.17) is 9.68 Å². The minimum absolute atomic E-state index is 0.163. The first-order valence-corrected chi connectivity index (χ1v) is 8.71. The van der Waals surface area contributed by atoms with E-state index in [1.807, 2.05) is 6.07 Å². The highest BCUT2D eigenvalue weighted by atomic mass is 32.2. The van der Waals surface area contributed by atoms with Crippen molar-refractivity contribution >= 4 is 35.0 Å². The minimum Gasteiger partial charge on any atom is -0.467 e. The Labute approximate surface area is 159 Å². The van der Waals surface area contributed by atoms with Crippen molar-refractivity contribution in [3.63, 3.8) is 0 Å². The normalized spacial score (nSPS) is 16.5. The van der Waals surface area contributed by atoms with Gasteiger partial charge in [-0.05, 0) is 55.1 Å². The third-order valence-corrected chi connectivity index (χ3v) is 4.84. The minimum atomic E-state index is -1.00. The van der Waals surface area contributed by atoms with E-state index in [-0.39, 0.29) is 4.91 Å². The summed E-state index contributed by atoms with van der Waals surface area (Å²) in [6.45, 7) is 1.43. The van der Waals surface area contributed by atoms with Crippen LogP contribution in [0, 0.1) is 11.3 Å². The van der Waals surface area contributed by atoms with Crippen LogP contribution in [-0.2, 0) is 14.3 Å². The molecule has 0 unspecified atom stereocenters. The van der Waals surface area contributed by atoms with Crippen LogP contribution in [0.2, 0.25) is 0 Å². The molecule has 0 spiro atoms. The van der Waals surface area contributed by atoms with Gasteiger partial charge >= 0.3 is 5.97 Å². The Morgan fingerprint density at radius 1 is 1.26 bits per heavy atom. The van der Waals surface area contributed by atoms with Crippen LogP contribution in [0.5, 0.6) is 0 Å². The molecule has 3 rings (SSSR count). The highest BCUT2D eigenvalue weighted by Crippen LogP contribution is 2.34. The highest BCUT2D eigenvalue weighted by Gasteiger charge is 2.41. The van der Waals surface area contributed by atoms with Crippen molar-refractivity contribution < 1.29 is 23.5 Å². The zero-order valence-corrected chi connectivity index (χ0v) is 15.3. The van der Waals surface area contributed by atoms with Crippen molar-refractivity contribution in [2.75, 3.05) is 7.11 Å². The average Bonchev–Trinajstić information content (AvgIpc) is 3.25. The van der Waals surface area contributed by atoms with Gasteiger partial charge in [-0.2, -0.15) is 5.26 Å². The first-order chi connectivity index (χ1) is 12.9. The first kappa shape index (κ1) is 18.5. The van der Waals surface area contributed by atoms with Crippen LogP contribution >= 0.6 is 11.8 Å². The molecule has 1 aromatic carbocycles. The molecule has 0 N–H and O–H groups in total. The van der Waals surface area contributed by atoms with Gasteiger partial charge in [-0.1, -0.05) is 0 Å². The van der Waals surface area contributed by atoms with Gasteiger partial charge in [-0.25, -0.2) is 4.79 Å². The number of amides is 2. The van der Waals surface area contributed by atoms with Crippen LogP contribution in [-0.4, -0.2) is 35.2 Å². The molecule has 1 fully saturated rings. The predicted molar refractivity (Wildman–Crippen MR) is 98.1 cm³/mol. The fourth-order valence-corrected chi connectivity index (χ4v) is 3.40. The number of esters is 1. The number of hydrogen-bond donors (Lipinski definition) is 0. The summed E-state index contributed by atoms with van der Waals surface area (Å²) in [5.74, 6) is -0.280. The number of carbonyl (C=O) groups excluding carboxylic acids is 3. The second kappa shape index (κ2) is 7.51. The summed E-state index contributed by atoms with van der Waals surface area (Å²) in [4.78, 5) is 37.2. The summed E-state index contributed by atoms with van der Waals surface area (Å²) in [7, 11) is 1.20. The van der Waals surface area contributed by atoms with E-state index in [0.29, 0.717) is 17.1 Å². The number of benzene rings is 1. The van der Waals surface area contributed by atoms with Crippen molar-refractivity contribution in [1.82, 2.24) is 4.90 Å². The Morgan fingerprint density at radius 2 is 1.96 bits per heavy atom. The quantitative estimate of drug-likeness (QED) is 0.590. The lowest BCUT2D eigenvalue weighted by atomic mass is 10.1. The second-order valence-corrected chi connectivity index (χ2v) is 6.64. The van der Waals surface area contributed by atoms with Crippen molar-refractivity contribution in [2.45, 2.75) is 13.0 Å². The molecule has 2 aromatic rings. The van der Waals surface area contributed by atoms with E-state index in [1.165, 1.54) is 20.1 Å². The number of furan rings is 1. The first-order valence-electron chi connectivity index (χ1n) is 7.90. The molecule has 2 heterocycles. The molecule has 1 aliphatic rings. The zero-order chi connectivity index (χ0) is 19.6. The summed E-state index contributed by atoms with van der Waals surface area (Å²) >= 11 is 0.738. The highest BCUT2D eigenvalue weighted by molar-refractivity contribution is 8.18. The van der Waals surface area contributed by atoms with Crippen molar-refractivity contribution in [1.29, 1.82) is 5.26 Å². The van der Waals surface area contributed by atoms with Gasteiger partial charge in [0.2, 0.25) is 0 Å². The maximum Gasteiger partial charge on any atom is 0.328 e. The SMILES string of the molecule is COC(=O)[C@H](C)N1C(=O)S/C(=C/c2ccc(-c3ccc(C#N)cc3)o2)C1=O. The molecule has 0 aliphatic carbocycles. The van der Waals surface area contributed by atoms with Gasteiger partial charge in [0, 0.05) is 11.6 Å². The summed E-state index contributed by atoms with van der Waals surface area (Å²) in [5.41, 5.74) is 1.32. The van der Waals surface area contributed by atoms with Crippen LogP contribution in [0.15, 0.2) is 45.7 Å². The Kier molecular flexibility index (Phi) is 5.14. The summed E-state index contributed by atoms with van der Waals surface area (Å²) < 4.78 is 10.3. The molecule has 7 nitrogen and oxygen atoms in total. The molecular weight excluding hydrogens is 368 g/mol. The number of methoxy groups -OCH3 is 1. The van der Waals surface area contributed by atoms with Gasteiger partial charge in [0.05, 0.1) is 23.6 Å². The average molecular weight is 382 g/mol. The van der Waals surface area contributed by atoms with E-state index < -0.39 is 23.2 Å². The maximum absolute atomic E-state index is 12.5. The van der Waals surface area contributed by atoms with E-state index in [9.17, 15) is 14.4 Å². The molecule has 1 aromatic heterocycles. The fourth-order valence-electron chi connectivity index (χ4n) is 2.51. The number of nitrogens with zero attached hydrogens (tertiary/aromatic N) is 2. The summed E-state index contributed by atoms with van der Waals surface area (Å²) in [5, 5.41) is 8.30. The van der Waals surface area contributed by atoms with E-state index in [2.05, 4.69) is 4.74 Å². The molecule has 136 valence electrons. The number of thioether (sulfide) groups is 1. The Balaban J connectivity index is 1.82. The summed E-state index contributed by atoms with van der Waals surface area (Å²) in [6.07, 6.45) is 1.46. The van der Waals surface area contributed by atoms with Crippen LogP contribution < -0.4 is 0 Å². The van der Waals surface area contributed by atoms with Crippen molar-refractivity contribution in [3.8, 4) is 17.4 Å². The fraction of sp³-hybridized carbons (Fsp3) is 0.158. The molecule has 1 aliphatic heterocycles. The number of hydrogen-bond acceptors (Lipinski definition) is 7. The van der Waals surface area contributed by atoms with Gasteiger partial charge < -0.3 is 9.15 Å². The molecule has 2 amide bonds. The number of carbonyl (C=O) groups is 3. The smallest absolute Gasteiger partial charge is 0.328 e. The molecular formula is C19H14N2O5S. The zero-order valence-electron chi connectivity index (χ0n) is 14.5. The topological polar surface area (TPSA) is 101 Å². The largest absolute Gasteiger partial charge is 0.467 e. The standard InChI is InChI=1S/C19H14N2O5S/c1-11(18(23)25-2)21-17(22)16(27-19(21)24)9-14-7-8-15(26-14)13-5-3-12(10-20)4-6-13/h3-9,11H,1-2H3/b16-9+/t11-/m0/s1. The van der Waals surface area contributed by atoms with Gasteiger partial charge in [-0.15, -0.1) is 0 Å². The van der Waals surface area contributed by atoms with Gasteiger partial charge in [0.25, 0.3) is 11.1 Å². The number of nitriles is 1. The number of ether oxygens (including phenoxy) is 1. The summed E-state index contributed by atoms with van der Waals surface area (Å²) in [6, 6.07) is 11.3. The Hall–Kier alpha value is -3.31. The third kappa shape index (κ3) is 3.64. The monoisotopic (exact) mass is 382 g/mol. The van der Waals surface area contributed by atoms with Crippen LogP contribution in [0.25, 0.3) is 17.4 Å². The van der Waals surface area contributed by atoms with Crippen molar-refractivity contribution in [2.24, 2.45) is 0 Å². The van der Waals surface area contributed by atoms with E-state index in [1.54, 1.807) is 36.4 Å². The maximum atomic E-state index is 12.5. The lowest BCUT2D eigenvalue weighted by Crippen LogP contribution is -2.42. The lowest BCUT2D eigenvalue weighted by molar-refractivity contribution is -0.148. The van der Waals surface area contributed by atoms with Gasteiger partial charge in [0.15, 0.2) is 0 Å². The van der Waals surface area contributed by atoms with Gasteiger partial charge in [-0.3, -0.25) is 14.5 Å². The molecule has 0 radical (unpaired) electrons. The van der Waals surface area contributed by atoms with Gasteiger partial charge in [0.1, 0.15) is 17.6 Å². The number of rotatable bonds is 4. The Bertz CT molecular complexity index is 984. The van der Waals surface area contributed by atoms with E-state index >= 15 is 0 Å². The Morgan fingerprint density at radius 3 is 2.59 bits per heavy atom. The molecule has 1 atom stereocenters. The van der Waals surface area contributed by atoms with Crippen LogP contribution in [0.3, 0.4) is 0 Å². The number of imide groups is 1. The van der Waals surface area contributed by atoms with E-state index in [0.717, 1.165) is 22.2 Å². The van der Waals surface area contributed by atoms with Crippen LogP contribution in [0.1, 0.15) is 18.2 Å². The molecule has 27 heavy (non-hydrogen) atoms. The second-order valence-electron chi connectivity index (χ2n) is 5.64. The molecule has 0 bridgehead atoms. The predicted octanol–water partition coefficient (Wildman–Crippen LogP) is 3.42. The third-order valence-electron chi connectivity index (χ3n) is 3.95. The lowest BCUT2D eigenvalue weighted by Gasteiger charge is -2.18. The molecule has 1 saturated heterocycles. The molecule has 8 heteroatoms.